The van der Waals surface area contributed by atoms with Gasteiger partial charge in [-0.15, -0.1) is 10.2 Å². The molecule has 2 aromatic heterocycles. The number of rotatable bonds is 2. The number of nitrogens with two attached hydrogens (primary N) is 1. The average molecular weight is 653 g/mol. The van der Waals surface area contributed by atoms with Gasteiger partial charge in [-0.2, -0.15) is 26.3 Å². The summed E-state index contributed by atoms with van der Waals surface area (Å²) in [4.78, 5) is 28.5. The number of anilines is 1. The van der Waals surface area contributed by atoms with E-state index in [1.54, 1.807) is 0 Å². The first kappa shape index (κ1) is 36.0. The van der Waals surface area contributed by atoms with Gasteiger partial charge in [-0.25, -0.2) is 9.78 Å². The number of hydrogen-bond donors (Lipinski definition) is 4. The number of carbonyl (C=O) groups is 2. The van der Waals surface area contributed by atoms with Gasteiger partial charge in [-0.05, 0) is 71.4 Å². The van der Waals surface area contributed by atoms with Gasteiger partial charge in [0.05, 0.1) is 11.3 Å². The predicted octanol–water partition coefficient (Wildman–Crippen LogP) is 6.08. The number of hydrogen-bond acceptors (Lipinski definition) is 9. The maximum absolute atomic E-state index is 13.8. The van der Waals surface area contributed by atoms with Crippen LogP contribution < -0.4 is 16.4 Å². The van der Waals surface area contributed by atoms with Gasteiger partial charge in [-0.1, -0.05) is 25.7 Å². The fourth-order valence-corrected chi connectivity index (χ4v) is 4.82. The van der Waals surface area contributed by atoms with Crippen molar-refractivity contribution in [1.29, 1.82) is 0 Å². The molecule has 4 rings (SSSR count). The Labute approximate surface area is 255 Å². The number of fused-ring (bicyclic) bond motifs is 5. The van der Waals surface area contributed by atoms with E-state index in [9.17, 15) is 41.0 Å². The number of aliphatic hydroxyl groups is 1. The lowest BCUT2D eigenvalue weighted by Gasteiger charge is -2.27. The number of amides is 2. The van der Waals surface area contributed by atoms with E-state index in [2.05, 4.69) is 20.5 Å². The summed E-state index contributed by atoms with van der Waals surface area (Å²) in [7, 11) is 0. The highest BCUT2D eigenvalue weighted by Crippen LogP contribution is 2.44. The maximum Gasteiger partial charge on any atom is 0.426 e. The molecule has 252 valence electrons. The zero-order chi connectivity index (χ0) is 33.6. The molecule has 45 heavy (non-hydrogen) atoms. The molecular formula is C28H38F6N6O5. The lowest BCUT2D eigenvalue weighted by molar-refractivity contribution is -0.277. The van der Waals surface area contributed by atoms with Crippen molar-refractivity contribution in [2.75, 3.05) is 18.4 Å². The minimum absolute atomic E-state index is 0.0865. The zero-order valence-corrected chi connectivity index (χ0v) is 25.2. The van der Waals surface area contributed by atoms with E-state index >= 15 is 0 Å². The van der Waals surface area contributed by atoms with Crippen molar-refractivity contribution in [3.05, 3.63) is 23.2 Å². The highest BCUT2D eigenvalue weighted by Gasteiger charge is 2.58. The minimum Gasteiger partial charge on any atom is -0.444 e. The molecule has 4 bridgehead atoms. The van der Waals surface area contributed by atoms with Crippen LogP contribution in [0.15, 0.2) is 10.5 Å². The molecule has 2 aromatic rings. The number of alkyl halides is 6. The summed E-state index contributed by atoms with van der Waals surface area (Å²) in [5.41, 5.74) is -3.29. The highest BCUT2D eigenvalue weighted by molar-refractivity contribution is 5.97. The van der Waals surface area contributed by atoms with Crippen LogP contribution in [0.4, 0.5) is 36.8 Å². The second-order valence-corrected chi connectivity index (χ2v) is 12.0. The Bertz CT molecular complexity index is 1320. The summed E-state index contributed by atoms with van der Waals surface area (Å²) in [6.07, 6.45) is -5.41. The molecule has 2 amide bonds. The van der Waals surface area contributed by atoms with Crippen molar-refractivity contribution in [1.82, 2.24) is 20.5 Å². The second kappa shape index (κ2) is 14.3. The van der Waals surface area contributed by atoms with Crippen LogP contribution in [0.1, 0.15) is 101 Å². The van der Waals surface area contributed by atoms with Crippen LogP contribution in [0.3, 0.4) is 0 Å². The summed E-state index contributed by atoms with van der Waals surface area (Å²) < 4.78 is 92.9. The molecule has 3 heterocycles. The van der Waals surface area contributed by atoms with Crippen molar-refractivity contribution in [2.24, 2.45) is 11.7 Å². The van der Waals surface area contributed by atoms with E-state index in [1.165, 1.54) is 52.9 Å². The third-order valence-corrected chi connectivity index (χ3v) is 7.19. The molecule has 0 aromatic carbocycles. The first-order chi connectivity index (χ1) is 20.9. The molecule has 0 radical (unpaired) electrons. The first-order valence-corrected chi connectivity index (χ1v) is 14.6. The Morgan fingerprint density at radius 2 is 1.71 bits per heavy atom. The van der Waals surface area contributed by atoms with Crippen molar-refractivity contribution in [3.63, 3.8) is 0 Å². The van der Waals surface area contributed by atoms with E-state index in [-0.39, 0.29) is 25.8 Å². The van der Waals surface area contributed by atoms with Crippen LogP contribution >= 0.6 is 0 Å². The Morgan fingerprint density at radius 1 is 1.07 bits per heavy atom. The summed E-state index contributed by atoms with van der Waals surface area (Å²) in [6, 6.07) is 0.354. The number of pyridine rings is 1. The molecule has 1 aliphatic heterocycles. The van der Waals surface area contributed by atoms with Gasteiger partial charge < -0.3 is 25.3 Å². The summed E-state index contributed by atoms with van der Waals surface area (Å²) in [5, 5.41) is 21.4. The van der Waals surface area contributed by atoms with Crippen LogP contribution in [0.25, 0.3) is 11.6 Å². The van der Waals surface area contributed by atoms with Crippen LogP contribution in [0.5, 0.6) is 0 Å². The summed E-state index contributed by atoms with van der Waals surface area (Å²) in [6.45, 7) is 5.18. The fourth-order valence-electron chi connectivity index (χ4n) is 4.82. The van der Waals surface area contributed by atoms with Crippen LogP contribution in [0.2, 0.25) is 0 Å². The Kier molecular flexibility index (Phi) is 11.4. The molecule has 2 aliphatic rings. The molecule has 1 aliphatic carbocycles. The van der Waals surface area contributed by atoms with Crippen molar-refractivity contribution < 1.29 is 50.2 Å². The zero-order valence-electron chi connectivity index (χ0n) is 25.2. The molecular weight excluding hydrogens is 614 g/mol. The Hall–Kier alpha value is -3.47. The first-order valence-electron chi connectivity index (χ1n) is 14.6. The van der Waals surface area contributed by atoms with Crippen LogP contribution in [-0.2, 0) is 16.5 Å². The smallest absolute Gasteiger partial charge is 0.426 e. The van der Waals surface area contributed by atoms with Crippen molar-refractivity contribution in [3.8, 4) is 11.6 Å². The normalized spacial score (nSPS) is 20.3. The largest absolute Gasteiger partial charge is 0.444 e. The van der Waals surface area contributed by atoms with E-state index in [4.69, 9.17) is 14.9 Å². The molecule has 0 spiro atoms. The van der Waals surface area contributed by atoms with Crippen LogP contribution in [-0.4, -0.2) is 57.2 Å². The van der Waals surface area contributed by atoms with E-state index < -0.39 is 76.4 Å². The highest BCUT2D eigenvalue weighted by atomic mass is 19.4. The molecule has 17 heteroatoms. The van der Waals surface area contributed by atoms with E-state index in [0.717, 1.165) is 12.5 Å². The SMILES string of the molecule is CC(C)(C)OC(=O)Nc1cc(C(F)(F)F)c2nc1-c1nnc(o1)C(O)(C(F)(F)F)CCCCCNC2=O.NCC1CCCCC1. The lowest BCUT2D eigenvalue weighted by Crippen LogP contribution is -2.42. The summed E-state index contributed by atoms with van der Waals surface area (Å²) in [5.74, 6) is -2.52. The number of nitrogens with one attached hydrogen (secondary N) is 2. The van der Waals surface area contributed by atoms with Gasteiger partial charge in [0.25, 0.3) is 17.7 Å². The minimum atomic E-state index is -5.24. The van der Waals surface area contributed by atoms with Gasteiger partial charge in [-0.3, -0.25) is 10.1 Å². The topological polar surface area (TPSA) is 165 Å². The number of ether oxygens (including phenoxy) is 1. The predicted molar refractivity (Wildman–Crippen MR) is 149 cm³/mol. The molecule has 0 saturated heterocycles. The van der Waals surface area contributed by atoms with Gasteiger partial charge in [0.2, 0.25) is 5.60 Å². The van der Waals surface area contributed by atoms with Gasteiger partial charge in [0, 0.05) is 6.54 Å². The van der Waals surface area contributed by atoms with E-state index in [1.807, 2.05) is 5.32 Å². The van der Waals surface area contributed by atoms with Crippen LogP contribution in [0, 0.1) is 5.92 Å². The molecule has 1 fully saturated rings. The number of aromatic nitrogens is 3. The monoisotopic (exact) mass is 652 g/mol. The average Bonchev–Trinajstić information content (AvgIpc) is 3.43. The van der Waals surface area contributed by atoms with Gasteiger partial charge in [0.15, 0.2) is 5.69 Å². The molecule has 1 unspecified atom stereocenters. The summed E-state index contributed by atoms with van der Waals surface area (Å²) >= 11 is 0. The number of nitrogens with zero attached hydrogens (tertiary/aromatic N) is 3. The third-order valence-electron chi connectivity index (χ3n) is 7.19. The van der Waals surface area contributed by atoms with Crippen molar-refractivity contribution >= 4 is 17.7 Å². The quantitative estimate of drug-likeness (QED) is 0.282. The van der Waals surface area contributed by atoms with Gasteiger partial charge in [0.1, 0.15) is 11.3 Å². The Balaban J connectivity index is 0.000000598. The second-order valence-electron chi connectivity index (χ2n) is 12.0. The fraction of sp³-hybridized carbons (Fsp3) is 0.679. The number of halogens is 6. The lowest BCUT2D eigenvalue weighted by atomic mass is 9.90. The Morgan fingerprint density at radius 3 is 2.27 bits per heavy atom. The maximum atomic E-state index is 13.8. The molecule has 1 saturated carbocycles. The number of carbonyl (C=O) groups excluding carboxylic acids is 2. The van der Waals surface area contributed by atoms with Gasteiger partial charge >= 0.3 is 18.4 Å². The van der Waals surface area contributed by atoms with E-state index in [0.29, 0.717) is 6.07 Å². The standard InChI is InChI=1S/C21H23F6N5O5.C7H15N/c1-18(2,3)37-17(34)29-11-9-10(20(22,23)24)12-14(33)28-8-6-4-5-7-19(35,21(25,26)27)16-32-31-15(36-16)13(11)30-12;8-6-7-4-2-1-3-5-7/h9,35H,4-8H2,1-3H3,(H,28,33)(H,29,34);7H,1-6,8H2. The third kappa shape index (κ3) is 9.51. The molecule has 5 N–H and O–H groups in total. The molecule has 1 atom stereocenters. The van der Waals surface area contributed by atoms with Crippen molar-refractivity contribution in [2.45, 2.75) is 102 Å². The molecule has 11 nitrogen and oxygen atoms in total.